The number of alkyl carbamates (subject to hydrolysis) is 1. The first kappa shape index (κ1) is 69.2. The van der Waals surface area contributed by atoms with Crippen LogP contribution in [0.25, 0.3) is 33.9 Å². The van der Waals surface area contributed by atoms with Gasteiger partial charge in [0.15, 0.2) is 0 Å². The maximum Gasteiger partial charge on any atom is 0.407 e. The number of halogens is 1. The second-order valence-electron chi connectivity index (χ2n) is 24.4. The third-order valence-corrected chi connectivity index (χ3v) is 19.1. The highest BCUT2D eigenvalue weighted by Gasteiger charge is 2.37. The van der Waals surface area contributed by atoms with E-state index in [0.717, 1.165) is 39.6 Å². The third-order valence-electron chi connectivity index (χ3n) is 16.7. The number of tetrazole rings is 2. The highest BCUT2D eigenvalue weighted by atomic mass is 79.9. The highest BCUT2D eigenvalue weighted by Crippen LogP contribution is 2.36. The summed E-state index contributed by atoms with van der Waals surface area (Å²) in [5.74, 6) is -0.550. The van der Waals surface area contributed by atoms with Crippen LogP contribution in [0.5, 0.6) is 5.75 Å². The number of aromatic amines is 2. The number of methoxy groups -OCH3 is 1. The van der Waals surface area contributed by atoms with Crippen LogP contribution in [0.1, 0.15) is 83.3 Å². The van der Waals surface area contributed by atoms with Crippen molar-refractivity contribution in [3.63, 3.8) is 0 Å². The van der Waals surface area contributed by atoms with Crippen molar-refractivity contribution in [2.75, 3.05) is 56.7 Å². The molecule has 29 heteroatoms. The van der Waals surface area contributed by atoms with Crippen molar-refractivity contribution in [1.29, 1.82) is 0 Å². The summed E-state index contributed by atoms with van der Waals surface area (Å²) in [4.78, 5) is 79.1. The van der Waals surface area contributed by atoms with Gasteiger partial charge >= 0.3 is 12.2 Å². The molecular weight excluding hydrogens is 1290 g/mol. The molecule has 6 amide bonds. The quantitative estimate of drug-likeness (QED) is 0.0322. The number of nitrogens with two attached hydrogens (primary N) is 1. The van der Waals surface area contributed by atoms with Gasteiger partial charge in [0.2, 0.25) is 45.3 Å². The minimum Gasteiger partial charge on any atom is -0.495 e. The molecule has 3 heterocycles. The van der Waals surface area contributed by atoms with E-state index in [1.807, 2.05) is 69.3 Å². The van der Waals surface area contributed by atoms with Crippen molar-refractivity contribution in [1.82, 2.24) is 61.5 Å². The number of benzene rings is 5. The van der Waals surface area contributed by atoms with Gasteiger partial charge in [-0.2, -0.15) is 14.7 Å². The summed E-state index contributed by atoms with van der Waals surface area (Å²) < 4.78 is 45.7. The molecule has 9 N–H and O–H groups in total. The molecule has 94 heavy (non-hydrogen) atoms. The summed E-state index contributed by atoms with van der Waals surface area (Å²) >= 11 is 3.48. The Kier molecular flexibility index (Phi) is 23.6. The molecule has 7 aromatic rings. The molecule has 27 nitrogen and oxygen atoms in total. The Morgan fingerprint density at radius 1 is 0.723 bits per heavy atom. The number of carbonyl (C=O) groups is 6. The molecule has 1 saturated heterocycles. The Labute approximate surface area is 552 Å². The Bertz CT molecular complexity index is 3820. The lowest BCUT2D eigenvalue weighted by molar-refractivity contribution is -0.130. The van der Waals surface area contributed by atoms with Crippen LogP contribution < -0.4 is 36.6 Å². The monoisotopic (exact) mass is 1370 g/mol. The topological polar surface area (TPSA) is 374 Å². The van der Waals surface area contributed by atoms with E-state index in [-0.39, 0.29) is 72.1 Å². The Balaban J connectivity index is 0.000000229. The first-order valence-corrected chi connectivity index (χ1v) is 33.3. The molecule has 0 unspecified atom stereocenters. The molecule has 0 bridgehead atoms. The molecule has 2 saturated carbocycles. The van der Waals surface area contributed by atoms with Crippen molar-refractivity contribution in [2.45, 2.75) is 108 Å². The molecule has 3 fully saturated rings. The van der Waals surface area contributed by atoms with Gasteiger partial charge in [0.25, 0.3) is 0 Å². The first-order chi connectivity index (χ1) is 45.1. The average molecular weight is 1370 g/mol. The van der Waals surface area contributed by atoms with Gasteiger partial charge in [0.05, 0.1) is 20.3 Å². The van der Waals surface area contributed by atoms with Gasteiger partial charge in [-0.1, -0.05) is 58.4 Å². The highest BCUT2D eigenvalue weighted by molar-refractivity contribution is 9.10. The van der Waals surface area contributed by atoms with Crippen molar-refractivity contribution in [2.24, 2.45) is 29.4 Å². The number of carbonyl (C=O) groups excluding carboxylic acids is 5. The SMILES string of the molecule is CC(C)(C)OC(=O)NCC1CCC(C(=O)N(c2ccc(-c3nn[nH]n3)cc2)[C@@H](Cc2cccc(Br)c2)C(N)=O)CC1.COc1ccc(-c2cccc(C[C@H](NC(=O)C3CCC(CNC(=O)O)CC3)C(=O)Nc3ccc(-c4nn[nH]n4)cc3)c2)cc1S(=O)(=O)N1CCOCC1. The number of hydrogen-bond acceptors (Lipinski definition) is 17. The number of morpholine rings is 1. The lowest BCUT2D eigenvalue weighted by Gasteiger charge is -2.36. The molecule has 0 spiro atoms. The zero-order valence-corrected chi connectivity index (χ0v) is 55.0. The molecule has 10 rings (SSSR count). The summed E-state index contributed by atoms with van der Waals surface area (Å²) in [6.45, 7) is 7.41. The maximum absolute atomic E-state index is 14.1. The van der Waals surface area contributed by atoms with Crippen LogP contribution in [0, 0.1) is 23.7 Å². The van der Waals surface area contributed by atoms with E-state index >= 15 is 0 Å². The van der Waals surface area contributed by atoms with Crippen molar-refractivity contribution >= 4 is 73.1 Å². The molecule has 2 aromatic heterocycles. The smallest absolute Gasteiger partial charge is 0.407 e. The van der Waals surface area contributed by atoms with E-state index < -0.39 is 51.7 Å². The minimum atomic E-state index is -3.87. The number of carboxylic acid groups (broad SMARTS) is 1. The van der Waals surface area contributed by atoms with Gasteiger partial charge in [0.1, 0.15) is 28.3 Å². The van der Waals surface area contributed by atoms with E-state index in [0.29, 0.717) is 99.0 Å². The van der Waals surface area contributed by atoms with E-state index in [1.165, 1.54) is 11.4 Å². The fraction of sp³-hybridized carbons (Fsp3) is 0.415. The van der Waals surface area contributed by atoms with Crippen LogP contribution in [-0.4, -0.2) is 159 Å². The Hall–Kier alpha value is -9.19. The van der Waals surface area contributed by atoms with Crippen LogP contribution in [-0.2, 0) is 51.5 Å². The molecule has 3 aliphatic rings. The lowest BCUT2D eigenvalue weighted by atomic mass is 9.81. The Morgan fingerprint density at radius 3 is 1.85 bits per heavy atom. The largest absolute Gasteiger partial charge is 0.495 e. The molecule has 498 valence electrons. The number of H-pyrrole nitrogens is 2. The van der Waals surface area contributed by atoms with Gasteiger partial charge in [0, 0.05) is 77.8 Å². The van der Waals surface area contributed by atoms with Crippen LogP contribution in [0.4, 0.5) is 21.0 Å². The molecule has 5 aromatic carbocycles. The number of aromatic nitrogens is 8. The number of nitrogens with one attached hydrogen (secondary N) is 6. The van der Waals surface area contributed by atoms with Crippen molar-refractivity contribution < 1.29 is 56.5 Å². The van der Waals surface area contributed by atoms with Crippen LogP contribution in [0.2, 0.25) is 0 Å². The summed E-state index contributed by atoms with van der Waals surface area (Å²) in [7, 11) is -2.44. The van der Waals surface area contributed by atoms with Gasteiger partial charge in [-0.15, -0.1) is 20.4 Å². The normalized spacial score (nSPS) is 18.2. The zero-order valence-electron chi connectivity index (χ0n) is 52.6. The van der Waals surface area contributed by atoms with Gasteiger partial charge in [-0.05, 0) is 189 Å². The zero-order chi connectivity index (χ0) is 66.9. The summed E-state index contributed by atoms with van der Waals surface area (Å²) in [5.41, 5.74) is 10.9. The summed E-state index contributed by atoms with van der Waals surface area (Å²) in [6.07, 6.45) is 4.25. The van der Waals surface area contributed by atoms with Crippen LogP contribution >= 0.6 is 15.9 Å². The van der Waals surface area contributed by atoms with E-state index in [9.17, 15) is 37.2 Å². The van der Waals surface area contributed by atoms with Gasteiger partial charge < -0.3 is 46.3 Å². The number of nitrogens with zero attached hydrogens (tertiary/aromatic N) is 8. The fourth-order valence-corrected chi connectivity index (χ4v) is 13.8. The standard InChI is InChI=1S/C36H42N8O8S.C29H36BrN7O4/c1-51-31-14-11-28(21-32(31)53(49,50)44-15-17-52-18-16-44)27-4-2-3-24(19-27)20-30(39-34(45)26-7-5-23(6-8-26)22-37-36(47)48)35(46)38-29-12-9-25(10-13-29)33-40-42-43-41-33;1-29(2,3)41-28(40)32-17-18-7-9-21(10-8-18)27(39)37(23-13-11-20(12-14-23)26-33-35-36-34-26)24(25(31)38)16-19-5-4-6-22(30)15-19/h2-4,9-14,19,21,23,26,30,37H,5-8,15-18,20,22H2,1H3,(H,38,46)(H,39,45)(H,47,48)(H,40,41,42,43);4-6,11-15,18,21,24H,7-10,16-17H2,1-3H3,(H2,31,38)(H,32,40)(H,33,34,35,36)/t23?,26?,30-;18?,21?,24-/m00/s1. The number of anilines is 2. The number of sulfonamides is 1. The molecule has 2 aliphatic carbocycles. The van der Waals surface area contributed by atoms with E-state index in [1.54, 1.807) is 71.6 Å². The summed E-state index contributed by atoms with van der Waals surface area (Å²) in [6, 6.07) is 32.2. The van der Waals surface area contributed by atoms with Crippen molar-refractivity contribution in [3.05, 3.63) is 131 Å². The molecular formula is C65H78BrN15O12S. The van der Waals surface area contributed by atoms with Crippen LogP contribution in [0.3, 0.4) is 0 Å². The predicted molar refractivity (Wildman–Crippen MR) is 351 cm³/mol. The predicted octanol–water partition coefficient (Wildman–Crippen LogP) is 7.69. The second kappa shape index (κ2) is 32.1. The minimum absolute atomic E-state index is 0.0492. The van der Waals surface area contributed by atoms with E-state index in [4.69, 9.17) is 25.1 Å². The van der Waals surface area contributed by atoms with E-state index in [2.05, 4.69) is 78.4 Å². The van der Waals surface area contributed by atoms with Crippen molar-refractivity contribution in [3.8, 4) is 39.7 Å². The average Bonchev–Trinajstić information content (AvgIpc) is 0.914. The molecule has 0 radical (unpaired) electrons. The molecule has 2 atom stereocenters. The Morgan fingerprint density at radius 2 is 1.29 bits per heavy atom. The van der Waals surface area contributed by atoms with Gasteiger partial charge in [-0.3, -0.25) is 24.1 Å². The van der Waals surface area contributed by atoms with Gasteiger partial charge in [-0.25, -0.2) is 18.0 Å². The lowest BCUT2D eigenvalue weighted by Crippen LogP contribution is -2.52. The molecule has 1 aliphatic heterocycles. The third kappa shape index (κ3) is 19.0. The summed E-state index contributed by atoms with van der Waals surface area (Å²) in [5, 5.41) is 48.1. The first-order valence-electron chi connectivity index (χ1n) is 31.1. The second-order valence-corrected chi connectivity index (χ2v) is 27.2. The maximum atomic E-state index is 14.1. The van der Waals surface area contributed by atoms with Crippen LogP contribution in [0.15, 0.2) is 125 Å². The number of primary amides is 1. The number of hydrogen-bond donors (Lipinski definition) is 8. The number of rotatable bonds is 22. The number of ether oxygens (including phenoxy) is 3. The number of amides is 6. The fourth-order valence-electron chi connectivity index (χ4n) is 11.7.